The van der Waals surface area contributed by atoms with Crippen molar-refractivity contribution in [3.05, 3.63) is 34.4 Å². The van der Waals surface area contributed by atoms with Crippen molar-refractivity contribution in [3.8, 4) is 0 Å². The van der Waals surface area contributed by atoms with Gasteiger partial charge in [0.05, 0.1) is 11.2 Å². The highest BCUT2D eigenvalue weighted by molar-refractivity contribution is 8.03. The minimum atomic E-state index is -4.47. The summed E-state index contributed by atoms with van der Waals surface area (Å²) in [7, 11) is -7.68. The molecule has 0 spiro atoms. The standard InChI is InChI=1S/C8H10N2O6S2/c1-9(17(2,13)14)18(15,16)8-6-4-3-5-7(8)10(11)12/h3-6H,1-2H3. The van der Waals surface area contributed by atoms with Gasteiger partial charge in [-0.25, -0.2) is 16.8 Å². The molecule has 0 aliphatic heterocycles. The molecule has 0 saturated carbocycles. The van der Waals surface area contributed by atoms with Crippen LogP contribution in [0.25, 0.3) is 0 Å². The third kappa shape index (κ3) is 2.66. The summed E-state index contributed by atoms with van der Waals surface area (Å²) < 4.78 is 46.4. The van der Waals surface area contributed by atoms with Crippen LogP contribution in [0.1, 0.15) is 0 Å². The van der Waals surface area contributed by atoms with Crippen LogP contribution in [-0.2, 0) is 20.0 Å². The number of nitro benzene ring substituents is 1. The van der Waals surface area contributed by atoms with Crippen LogP contribution in [-0.4, -0.2) is 38.8 Å². The van der Waals surface area contributed by atoms with Crippen molar-refractivity contribution in [2.24, 2.45) is 0 Å². The first kappa shape index (κ1) is 14.5. The Kier molecular flexibility index (Phi) is 3.74. The summed E-state index contributed by atoms with van der Waals surface area (Å²) in [5.74, 6) is 0. The fourth-order valence-corrected chi connectivity index (χ4v) is 3.74. The van der Waals surface area contributed by atoms with Gasteiger partial charge in [-0.1, -0.05) is 15.8 Å². The van der Waals surface area contributed by atoms with Crippen LogP contribution in [0.4, 0.5) is 5.69 Å². The van der Waals surface area contributed by atoms with Crippen LogP contribution >= 0.6 is 0 Å². The van der Waals surface area contributed by atoms with Crippen molar-refractivity contribution in [2.75, 3.05) is 13.3 Å². The summed E-state index contributed by atoms with van der Waals surface area (Å²) >= 11 is 0. The molecule has 18 heavy (non-hydrogen) atoms. The van der Waals surface area contributed by atoms with E-state index in [-0.39, 0.29) is 3.71 Å². The van der Waals surface area contributed by atoms with Gasteiger partial charge in [0.1, 0.15) is 0 Å². The molecular weight excluding hydrogens is 284 g/mol. The highest BCUT2D eigenvalue weighted by Crippen LogP contribution is 2.26. The maximum Gasteiger partial charge on any atom is 0.289 e. The lowest BCUT2D eigenvalue weighted by Crippen LogP contribution is -2.32. The van der Waals surface area contributed by atoms with E-state index < -0.39 is 35.6 Å². The molecule has 0 aliphatic rings. The Morgan fingerprint density at radius 2 is 1.67 bits per heavy atom. The van der Waals surface area contributed by atoms with Crippen LogP contribution in [0.2, 0.25) is 0 Å². The second-order valence-electron chi connectivity index (χ2n) is 3.37. The average molecular weight is 294 g/mol. The van der Waals surface area contributed by atoms with E-state index in [1.54, 1.807) is 0 Å². The fourth-order valence-electron chi connectivity index (χ4n) is 1.14. The quantitative estimate of drug-likeness (QED) is 0.577. The van der Waals surface area contributed by atoms with Gasteiger partial charge in [-0.3, -0.25) is 10.1 Å². The van der Waals surface area contributed by atoms with Gasteiger partial charge in [0.2, 0.25) is 10.0 Å². The smallest absolute Gasteiger partial charge is 0.258 e. The zero-order valence-electron chi connectivity index (χ0n) is 9.47. The molecule has 1 aromatic carbocycles. The van der Waals surface area contributed by atoms with Gasteiger partial charge in [-0.2, -0.15) is 0 Å². The number of nitro groups is 1. The van der Waals surface area contributed by atoms with Crippen molar-refractivity contribution >= 4 is 25.7 Å². The molecule has 0 saturated heterocycles. The molecule has 10 heteroatoms. The van der Waals surface area contributed by atoms with E-state index in [1.165, 1.54) is 12.1 Å². The number of para-hydroxylation sites is 1. The molecule has 0 radical (unpaired) electrons. The van der Waals surface area contributed by atoms with E-state index in [1.807, 2.05) is 0 Å². The van der Waals surface area contributed by atoms with Crippen molar-refractivity contribution in [1.29, 1.82) is 0 Å². The number of nitrogens with zero attached hydrogens (tertiary/aromatic N) is 2. The Morgan fingerprint density at radius 1 is 1.17 bits per heavy atom. The van der Waals surface area contributed by atoms with Gasteiger partial charge in [-0.15, -0.1) is 0 Å². The normalized spacial score (nSPS) is 12.6. The monoisotopic (exact) mass is 294 g/mol. The first-order valence-electron chi connectivity index (χ1n) is 4.51. The third-order valence-corrected chi connectivity index (χ3v) is 6.06. The zero-order chi connectivity index (χ0) is 14.1. The number of benzene rings is 1. The van der Waals surface area contributed by atoms with Crippen LogP contribution < -0.4 is 0 Å². The summed E-state index contributed by atoms with van der Waals surface area (Å²) in [6.45, 7) is 0. The topological polar surface area (TPSA) is 115 Å². The Bertz CT molecular complexity index is 679. The molecule has 0 aliphatic carbocycles. The second-order valence-corrected chi connectivity index (χ2v) is 7.56. The van der Waals surface area contributed by atoms with E-state index in [2.05, 4.69) is 0 Å². The lowest BCUT2D eigenvalue weighted by Gasteiger charge is -2.14. The first-order chi connectivity index (χ1) is 8.08. The Labute approximate surface area is 104 Å². The van der Waals surface area contributed by atoms with Gasteiger partial charge in [-0.05, 0) is 6.07 Å². The maximum absolute atomic E-state index is 11.9. The fraction of sp³-hybridized carbons (Fsp3) is 0.250. The highest BCUT2D eigenvalue weighted by atomic mass is 32.3. The molecule has 0 bridgehead atoms. The molecule has 8 nitrogen and oxygen atoms in total. The van der Waals surface area contributed by atoms with Gasteiger partial charge in [0.25, 0.3) is 15.7 Å². The van der Waals surface area contributed by atoms with Crippen LogP contribution in [0.3, 0.4) is 0 Å². The summed E-state index contributed by atoms with van der Waals surface area (Å²) in [6.07, 6.45) is 0.694. The van der Waals surface area contributed by atoms with Gasteiger partial charge >= 0.3 is 0 Å². The van der Waals surface area contributed by atoms with Crippen molar-refractivity contribution in [3.63, 3.8) is 0 Å². The van der Waals surface area contributed by atoms with E-state index in [0.29, 0.717) is 6.26 Å². The lowest BCUT2D eigenvalue weighted by atomic mass is 10.3. The number of hydrogen-bond acceptors (Lipinski definition) is 6. The molecule has 0 aromatic heterocycles. The molecule has 0 atom stereocenters. The predicted octanol–water partition coefficient (Wildman–Crippen LogP) is 0.175. The SMILES string of the molecule is CN(S(C)(=O)=O)S(=O)(=O)c1ccccc1[N+](=O)[O-]. The summed E-state index contributed by atoms with van der Waals surface area (Å²) in [4.78, 5) is 9.16. The largest absolute Gasteiger partial charge is 0.289 e. The Balaban J connectivity index is 3.53. The molecule has 0 unspecified atom stereocenters. The predicted molar refractivity (Wildman–Crippen MR) is 62.9 cm³/mol. The molecule has 0 amide bonds. The second kappa shape index (κ2) is 4.63. The molecule has 1 aromatic rings. The Hall–Kier alpha value is -1.52. The van der Waals surface area contributed by atoms with E-state index >= 15 is 0 Å². The zero-order valence-corrected chi connectivity index (χ0v) is 11.1. The van der Waals surface area contributed by atoms with Gasteiger partial charge in [0, 0.05) is 13.1 Å². The molecule has 0 N–H and O–H groups in total. The molecular formula is C8H10N2O6S2. The minimum absolute atomic E-state index is 0.0995. The summed E-state index contributed by atoms with van der Waals surface area (Å²) in [5, 5.41) is 10.7. The molecule has 100 valence electrons. The van der Waals surface area contributed by atoms with Crippen LogP contribution in [0.15, 0.2) is 29.2 Å². The molecule has 1 rings (SSSR count). The minimum Gasteiger partial charge on any atom is -0.258 e. The summed E-state index contributed by atoms with van der Waals surface area (Å²) in [5.41, 5.74) is -0.673. The van der Waals surface area contributed by atoms with Crippen LogP contribution in [0, 0.1) is 10.1 Å². The average Bonchev–Trinajstić information content (AvgIpc) is 2.26. The highest BCUT2D eigenvalue weighted by Gasteiger charge is 2.33. The maximum atomic E-state index is 11.9. The summed E-state index contributed by atoms with van der Waals surface area (Å²) in [6, 6.07) is 4.53. The van der Waals surface area contributed by atoms with Crippen molar-refractivity contribution in [1.82, 2.24) is 3.71 Å². The van der Waals surface area contributed by atoms with Crippen molar-refractivity contribution < 1.29 is 21.8 Å². The Morgan fingerprint density at radius 3 is 2.11 bits per heavy atom. The van der Waals surface area contributed by atoms with Gasteiger partial charge in [0.15, 0.2) is 4.90 Å². The lowest BCUT2D eigenvalue weighted by molar-refractivity contribution is -0.387. The van der Waals surface area contributed by atoms with Crippen LogP contribution in [0.5, 0.6) is 0 Å². The number of hydrogen-bond donors (Lipinski definition) is 0. The number of sulfonamides is 2. The van der Waals surface area contributed by atoms with E-state index in [9.17, 15) is 26.9 Å². The van der Waals surface area contributed by atoms with Gasteiger partial charge < -0.3 is 0 Å². The molecule has 0 fully saturated rings. The third-order valence-electron chi connectivity index (χ3n) is 2.15. The van der Waals surface area contributed by atoms with E-state index in [0.717, 1.165) is 19.2 Å². The molecule has 0 heterocycles. The first-order valence-corrected chi connectivity index (χ1v) is 7.80. The number of rotatable bonds is 4. The van der Waals surface area contributed by atoms with Crippen molar-refractivity contribution in [2.45, 2.75) is 4.90 Å². The van der Waals surface area contributed by atoms with E-state index in [4.69, 9.17) is 0 Å².